The molecule has 1 heterocycles. The zero-order valence-electron chi connectivity index (χ0n) is 4.80. The molecule has 0 aromatic carbocycles. The quantitative estimate of drug-likeness (QED) is 0.519. The molecule has 0 aromatic heterocycles. The van der Waals surface area contributed by atoms with E-state index in [1.165, 1.54) is 0 Å². The van der Waals surface area contributed by atoms with Crippen LogP contribution in [0, 0.1) is 0 Å². The fourth-order valence-electron chi connectivity index (χ4n) is 0.913. The van der Waals surface area contributed by atoms with E-state index in [1.54, 1.807) is 0 Å². The molecule has 0 saturated carbocycles. The Labute approximate surface area is 51.9 Å². The molecular weight excluding hydrogens is 125 g/mol. The highest BCUT2D eigenvalue weighted by atomic mass is 19.1. The molecule has 52 valence electrons. The van der Waals surface area contributed by atoms with Crippen LogP contribution in [0.25, 0.3) is 0 Å². The van der Waals surface area contributed by atoms with Crippen LogP contribution in [-0.4, -0.2) is 29.8 Å². The van der Waals surface area contributed by atoms with Crippen molar-refractivity contribution in [1.29, 1.82) is 0 Å². The summed E-state index contributed by atoms with van der Waals surface area (Å²) < 4.78 is 12.4. The molecule has 0 aromatic rings. The standard InChI is InChI=1S/C5H8FNO2/c6-3-1-2-7-4(3)5(8)9/h3-4,7H,1-2H2,(H,8,9)/t3-,4-/m1/s1. The van der Waals surface area contributed by atoms with Crippen LogP contribution in [0.1, 0.15) is 6.42 Å². The summed E-state index contributed by atoms with van der Waals surface area (Å²) in [5, 5.41) is 10.8. The normalized spacial score (nSPS) is 34.8. The summed E-state index contributed by atoms with van der Waals surface area (Å²) in [5.41, 5.74) is 0. The molecule has 1 aliphatic heterocycles. The van der Waals surface area contributed by atoms with Crippen LogP contribution in [0.4, 0.5) is 4.39 Å². The number of nitrogens with one attached hydrogen (secondary N) is 1. The molecule has 0 aliphatic carbocycles. The summed E-state index contributed by atoms with van der Waals surface area (Å²) in [6.45, 7) is 0.470. The highest BCUT2D eigenvalue weighted by Crippen LogP contribution is 2.10. The fraction of sp³-hybridized carbons (Fsp3) is 0.800. The maximum absolute atomic E-state index is 12.4. The second-order valence-corrected chi connectivity index (χ2v) is 2.07. The molecule has 9 heavy (non-hydrogen) atoms. The lowest BCUT2D eigenvalue weighted by Gasteiger charge is -2.04. The molecule has 1 saturated heterocycles. The van der Waals surface area contributed by atoms with E-state index in [-0.39, 0.29) is 0 Å². The second kappa shape index (κ2) is 2.31. The number of aliphatic carboxylic acids is 1. The molecule has 0 amide bonds. The molecule has 3 nitrogen and oxygen atoms in total. The predicted molar refractivity (Wildman–Crippen MR) is 28.9 cm³/mol. The Hall–Kier alpha value is -0.640. The SMILES string of the molecule is O=C(O)[C@@H]1NCC[C@H]1F. The lowest BCUT2D eigenvalue weighted by Crippen LogP contribution is -2.36. The summed E-state index contributed by atoms with van der Waals surface area (Å²) in [4.78, 5) is 10.1. The molecule has 0 radical (unpaired) electrons. The molecule has 0 spiro atoms. The number of hydrogen-bond donors (Lipinski definition) is 2. The van der Waals surface area contributed by atoms with E-state index in [4.69, 9.17) is 5.11 Å². The van der Waals surface area contributed by atoms with E-state index >= 15 is 0 Å². The lowest BCUT2D eigenvalue weighted by molar-refractivity contribution is -0.140. The van der Waals surface area contributed by atoms with Gasteiger partial charge in [0.05, 0.1) is 0 Å². The van der Waals surface area contributed by atoms with E-state index in [0.717, 1.165) is 0 Å². The average Bonchev–Trinajstić information content (AvgIpc) is 2.13. The van der Waals surface area contributed by atoms with Gasteiger partial charge in [0.2, 0.25) is 0 Å². The molecule has 2 atom stereocenters. The molecule has 0 bridgehead atoms. The van der Waals surface area contributed by atoms with Crippen molar-refractivity contribution in [3.8, 4) is 0 Å². The van der Waals surface area contributed by atoms with Crippen LogP contribution < -0.4 is 5.32 Å². The molecule has 2 N–H and O–H groups in total. The van der Waals surface area contributed by atoms with Gasteiger partial charge >= 0.3 is 5.97 Å². The van der Waals surface area contributed by atoms with E-state index in [2.05, 4.69) is 5.32 Å². The van der Waals surface area contributed by atoms with Crippen molar-refractivity contribution in [3.05, 3.63) is 0 Å². The van der Waals surface area contributed by atoms with E-state index in [0.29, 0.717) is 13.0 Å². The first kappa shape index (κ1) is 6.48. The number of hydrogen-bond acceptors (Lipinski definition) is 2. The van der Waals surface area contributed by atoms with Gasteiger partial charge in [-0.1, -0.05) is 0 Å². The van der Waals surface area contributed by atoms with Crippen LogP contribution in [0.15, 0.2) is 0 Å². The van der Waals surface area contributed by atoms with Gasteiger partial charge in [-0.3, -0.25) is 4.79 Å². The minimum Gasteiger partial charge on any atom is -0.480 e. The van der Waals surface area contributed by atoms with Crippen molar-refractivity contribution in [2.75, 3.05) is 6.54 Å². The zero-order chi connectivity index (χ0) is 6.85. The predicted octanol–water partition coefficient (Wildman–Crippen LogP) is -0.229. The van der Waals surface area contributed by atoms with Crippen molar-refractivity contribution < 1.29 is 14.3 Å². The van der Waals surface area contributed by atoms with Gasteiger partial charge in [-0.05, 0) is 13.0 Å². The van der Waals surface area contributed by atoms with E-state index in [1.807, 2.05) is 0 Å². The van der Waals surface area contributed by atoms with E-state index in [9.17, 15) is 9.18 Å². The largest absolute Gasteiger partial charge is 0.480 e. The summed E-state index contributed by atoms with van der Waals surface area (Å²) in [7, 11) is 0. The van der Waals surface area contributed by atoms with Gasteiger partial charge in [0.1, 0.15) is 12.2 Å². The number of carboxylic acid groups (broad SMARTS) is 1. The van der Waals surface area contributed by atoms with Gasteiger partial charge in [0.15, 0.2) is 0 Å². The Morgan fingerprint density at radius 1 is 1.78 bits per heavy atom. The van der Waals surface area contributed by atoms with Gasteiger partial charge in [-0.25, -0.2) is 4.39 Å². The average molecular weight is 133 g/mol. The number of rotatable bonds is 1. The molecular formula is C5H8FNO2. The Morgan fingerprint density at radius 3 is 2.67 bits per heavy atom. The third-order valence-electron chi connectivity index (χ3n) is 1.41. The number of alkyl halides is 1. The van der Waals surface area contributed by atoms with E-state index < -0.39 is 18.2 Å². The summed E-state index contributed by atoms with van der Waals surface area (Å²) in [5.74, 6) is -1.10. The smallest absolute Gasteiger partial charge is 0.323 e. The summed E-state index contributed by atoms with van der Waals surface area (Å²) >= 11 is 0. The van der Waals surface area contributed by atoms with Gasteiger partial charge in [-0.15, -0.1) is 0 Å². The monoisotopic (exact) mass is 133 g/mol. The van der Waals surface area contributed by atoms with Crippen molar-refractivity contribution >= 4 is 5.97 Å². The zero-order valence-corrected chi connectivity index (χ0v) is 4.80. The third kappa shape index (κ3) is 1.18. The van der Waals surface area contributed by atoms with Crippen molar-refractivity contribution in [2.45, 2.75) is 18.6 Å². The minimum atomic E-state index is -1.21. The Kier molecular flexibility index (Phi) is 1.66. The van der Waals surface area contributed by atoms with Crippen LogP contribution in [0.2, 0.25) is 0 Å². The third-order valence-corrected chi connectivity index (χ3v) is 1.41. The van der Waals surface area contributed by atoms with Gasteiger partial charge in [-0.2, -0.15) is 0 Å². The highest BCUT2D eigenvalue weighted by Gasteiger charge is 2.32. The summed E-state index contributed by atoms with van der Waals surface area (Å²) in [6, 6.07) is -0.968. The van der Waals surface area contributed by atoms with Gasteiger partial charge in [0.25, 0.3) is 0 Å². The molecule has 1 aliphatic rings. The van der Waals surface area contributed by atoms with Gasteiger partial charge < -0.3 is 10.4 Å². The van der Waals surface area contributed by atoms with Crippen LogP contribution in [0.3, 0.4) is 0 Å². The lowest BCUT2D eigenvalue weighted by atomic mass is 10.2. The highest BCUT2D eigenvalue weighted by molar-refractivity contribution is 5.74. The molecule has 0 unspecified atom stereocenters. The maximum atomic E-state index is 12.4. The molecule has 4 heteroatoms. The van der Waals surface area contributed by atoms with Crippen LogP contribution in [-0.2, 0) is 4.79 Å². The Morgan fingerprint density at radius 2 is 2.44 bits per heavy atom. The van der Waals surface area contributed by atoms with Crippen LogP contribution in [0.5, 0.6) is 0 Å². The van der Waals surface area contributed by atoms with Crippen LogP contribution >= 0.6 is 0 Å². The molecule has 1 rings (SSSR count). The summed E-state index contributed by atoms with van der Waals surface area (Å²) in [6.07, 6.45) is -0.890. The second-order valence-electron chi connectivity index (χ2n) is 2.07. The van der Waals surface area contributed by atoms with Crippen molar-refractivity contribution in [1.82, 2.24) is 5.32 Å². The Balaban J connectivity index is 2.49. The number of carboxylic acids is 1. The molecule has 1 fully saturated rings. The van der Waals surface area contributed by atoms with Crippen molar-refractivity contribution in [2.24, 2.45) is 0 Å². The number of carbonyl (C=O) groups is 1. The Bertz CT molecular complexity index is 128. The minimum absolute atomic E-state index is 0.316. The maximum Gasteiger partial charge on any atom is 0.323 e. The van der Waals surface area contributed by atoms with Gasteiger partial charge in [0, 0.05) is 0 Å². The number of halogens is 1. The van der Waals surface area contributed by atoms with Crippen molar-refractivity contribution in [3.63, 3.8) is 0 Å². The first-order valence-electron chi connectivity index (χ1n) is 2.82. The topological polar surface area (TPSA) is 49.3 Å². The first-order chi connectivity index (χ1) is 4.22. The fourth-order valence-corrected chi connectivity index (χ4v) is 0.913. The first-order valence-corrected chi connectivity index (χ1v) is 2.82.